The van der Waals surface area contributed by atoms with Gasteiger partial charge in [-0.05, 0) is 29.9 Å². The Labute approximate surface area is 73.6 Å². The van der Waals surface area contributed by atoms with Crippen molar-refractivity contribution in [1.29, 1.82) is 0 Å². The first kappa shape index (κ1) is 7.81. The molecule has 0 aromatic heterocycles. The zero-order valence-corrected chi connectivity index (χ0v) is 7.46. The average Bonchev–Trinajstić information content (AvgIpc) is 2.81. The highest BCUT2D eigenvalue weighted by Crippen LogP contribution is 2.53. The lowest BCUT2D eigenvalue weighted by Gasteiger charge is -2.10. The monoisotopic (exact) mass is 161 g/mol. The minimum atomic E-state index is 0.385. The van der Waals surface area contributed by atoms with Crippen LogP contribution in [0.3, 0.4) is 0 Å². The van der Waals surface area contributed by atoms with Gasteiger partial charge in [-0.15, -0.1) is 0 Å². The first-order chi connectivity index (χ1) is 5.77. The quantitative estimate of drug-likeness (QED) is 0.704. The number of rotatable bonds is 2. The Morgan fingerprint density at radius 2 is 2.08 bits per heavy atom. The van der Waals surface area contributed by atoms with Crippen molar-refractivity contribution >= 4 is 0 Å². The molecule has 0 bridgehead atoms. The average molecular weight is 161 g/mol. The van der Waals surface area contributed by atoms with Crippen LogP contribution < -0.4 is 5.73 Å². The molecule has 1 fully saturated rings. The van der Waals surface area contributed by atoms with Gasteiger partial charge in [-0.3, -0.25) is 0 Å². The molecule has 1 aromatic rings. The highest BCUT2D eigenvalue weighted by Gasteiger charge is 2.49. The summed E-state index contributed by atoms with van der Waals surface area (Å²) in [4.78, 5) is 0. The molecule has 1 aliphatic rings. The van der Waals surface area contributed by atoms with Crippen LogP contribution in [0.25, 0.3) is 0 Å². The van der Waals surface area contributed by atoms with Crippen molar-refractivity contribution in [2.24, 2.45) is 11.7 Å². The molecular formula is C11H15N. The van der Waals surface area contributed by atoms with E-state index in [1.54, 1.807) is 0 Å². The Morgan fingerprint density at radius 1 is 1.42 bits per heavy atom. The second kappa shape index (κ2) is 2.60. The van der Waals surface area contributed by atoms with E-state index in [0.717, 1.165) is 6.54 Å². The molecule has 1 nitrogen and oxygen atoms in total. The lowest BCUT2D eigenvalue weighted by molar-refractivity contribution is 0.666. The molecule has 64 valence electrons. The van der Waals surface area contributed by atoms with Crippen LogP contribution in [-0.2, 0) is 5.41 Å². The maximum atomic E-state index is 5.65. The number of hydrogen-bond donors (Lipinski definition) is 1. The minimum Gasteiger partial charge on any atom is -0.330 e. The molecule has 12 heavy (non-hydrogen) atoms. The highest BCUT2D eigenvalue weighted by molar-refractivity contribution is 5.32. The summed E-state index contributed by atoms with van der Waals surface area (Å²) in [5.41, 5.74) is 7.48. The molecule has 0 saturated heterocycles. The molecule has 0 amide bonds. The van der Waals surface area contributed by atoms with Crippen LogP contribution in [0.5, 0.6) is 0 Å². The summed E-state index contributed by atoms with van der Waals surface area (Å²) >= 11 is 0. The smallest absolute Gasteiger partial charge is 0.00313 e. The Kier molecular flexibility index (Phi) is 1.69. The second-order valence-electron chi connectivity index (χ2n) is 3.92. The molecule has 1 aromatic carbocycles. The largest absolute Gasteiger partial charge is 0.330 e. The Balaban J connectivity index is 2.23. The van der Waals surface area contributed by atoms with Gasteiger partial charge in [0.25, 0.3) is 0 Å². The SMILES string of the molecule is CC1(c2ccccc2)C[C@H]1CN. The molecule has 0 aliphatic heterocycles. The van der Waals surface area contributed by atoms with Gasteiger partial charge in [-0.2, -0.15) is 0 Å². The van der Waals surface area contributed by atoms with Crippen LogP contribution in [0.4, 0.5) is 0 Å². The van der Waals surface area contributed by atoms with Crippen molar-refractivity contribution < 1.29 is 0 Å². The molecule has 1 heteroatoms. The zero-order chi connectivity index (χ0) is 8.60. The van der Waals surface area contributed by atoms with Crippen molar-refractivity contribution in [2.45, 2.75) is 18.8 Å². The maximum absolute atomic E-state index is 5.65. The van der Waals surface area contributed by atoms with Crippen LogP contribution in [0.2, 0.25) is 0 Å². The third-order valence-electron chi connectivity index (χ3n) is 3.13. The predicted octanol–water partition coefficient (Wildman–Crippen LogP) is 1.92. The lowest BCUT2D eigenvalue weighted by Crippen LogP contribution is -2.11. The van der Waals surface area contributed by atoms with E-state index in [4.69, 9.17) is 5.73 Å². The fourth-order valence-corrected chi connectivity index (χ4v) is 1.97. The van der Waals surface area contributed by atoms with Crippen molar-refractivity contribution in [3.05, 3.63) is 35.9 Å². The van der Waals surface area contributed by atoms with E-state index in [0.29, 0.717) is 11.3 Å². The predicted molar refractivity (Wildman–Crippen MR) is 51.0 cm³/mol. The van der Waals surface area contributed by atoms with Gasteiger partial charge >= 0.3 is 0 Å². The van der Waals surface area contributed by atoms with Gasteiger partial charge in [0.2, 0.25) is 0 Å². The third kappa shape index (κ3) is 1.05. The van der Waals surface area contributed by atoms with Crippen LogP contribution in [0.15, 0.2) is 30.3 Å². The fraction of sp³-hybridized carbons (Fsp3) is 0.455. The van der Waals surface area contributed by atoms with E-state index < -0.39 is 0 Å². The summed E-state index contributed by atoms with van der Waals surface area (Å²) in [6, 6.07) is 10.7. The van der Waals surface area contributed by atoms with Crippen molar-refractivity contribution in [1.82, 2.24) is 0 Å². The van der Waals surface area contributed by atoms with Crippen LogP contribution in [0, 0.1) is 5.92 Å². The Bertz CT molecular complexity index is 268. The van der Waals surface area contributed by atoms with E-state index in [1.807, 2.05) is 0 Å². The van der Waals surface area contributed by atoms with Crippen LogP contribution >= 0.6 is 0 Å². The number of nitrogens with two attached hydrogens (primary N) is 1. The standard InChI is InChI=1S/C11H15N/c1-11(7-10(11)8-12)9-5-3-2-4-6-9/h2-6,10H,7-8,12H2,1H3/t10-,11?/m0/s1. The Hall–Kier alpha value is -0.820. The molecule has 0 radical (unpaired) electrons. The van der Waals surface area contributed by atoms with Crippen LogP contribution in [-0.4, -0.2) is 6.54 Å². The van der Waals surface area contributed by atoms with Gasteiger partial charge in [0.1, 0.15) is 0 Å². The van der Waals surface area contributed by atoms with Crippen molar-refractivity contribution in [3.63, 3.8) is 0 Å². The van der Waals surface area contributed by atoms with Gasteiger partial charge in [-0.1, -0.05) is 37.3 Å². The fourth-order valence-electron chi connectivity index (χ4n) is 1.97. The summed E-state index contributed by atoms with van der Waals surface area (Å²) in [5, 5.41) is 0. The second-order valence-corrected chi connectivity index (χ2v) is 3.92. The number of benzene rings is 1. The van der Waals surface area contributed by atoms with Gasteiger partial charge in [0.05, 0.1) is 0 Å². The van der Waals surface area contributed by atoms with E-state index in [2.05, 4.69) is 37.3 Å². The topological polar surface area (TPSA) is 26.0 Å². The van der Waals surface area contributed by atoms with E-state index >= 15 is 0 Å². The molecule has 1 saturated carbocycles. The van der Waals surface area contributed by atoms with Crippen molar-refractivity contribution in [3.8, 4) is 0 Å². The van der Waals surface area contributed by atoms with E-state index in [9.17, 15) is 0 Å². The normalized spacial score (nSPS) is 33.3. The first-order valence-electron chi connectivity index (χ1n) is 4.53. The molecule has 1 aliphatic carbocycles. The van der Waals surface area contributed by atoms with Crippen LogP contribution in [0.1, 0.15) is 18.9 Å². The molecular weight excluding hydrogens is 146 g/mol. The number of hydrogen-bond acceptors (Lipinski definition) is 1. The molecule has 2 N–H and O–H groups in total. The summed E-state index contributed by atoms with van der Waals surface area (Å²) in [6.07, 6.45) is 1.26. The van der Waals surface area contributed by atoms with E-state index in [1.165, 1.54) is 12.0 Å². The molecule has 0 spiro atoms. The van der Waals surface area contributed by atoms with Crippen molar-refractivity contribution in [2.75, 3.05) is 6.54 Å². The Morgan fingerprint density at radius 3 is 2.58 bits per heavy atom. The summed E-state index contributed by atoms with van der Waals surface area (Å²) in [5.74, 6) is 0.708. The van der Waals surface area contributed by atoms with Gasteiger partial charge in [-0.25, -0.2) is 0 Å². The van der Waals surface area contributed by atoms with E-state index in [-0.39, 0.29) is 0 Å². The molecule has 2 rings (SSSR count). The zero-order valence-electron chi connectivity index (χ0n) is 7.46. The maximum Gasteiger partial charge on any atom is -0.00313 e. The molecule has 2 atom stereocenters. The summed E-state index contributed by atoms with van der Waals surface area (Å²) < 4.78 is 0. The van der Waals surface area contributed by atoms with Gasteiger partial charge in [0.15, 0.2) is 0 Å². The molecule has 0 heterocycles. The summed E-state index contributed by atoms with van der Waals surface area (Å²) in [6.45, 7) is 3.13. The first-order valence-corrected chi connectivity index (χ1v) is 4.53. The highest BCUT2D eigenvalue weighted by atomic mass is 14.7. The van der Waals surface area contributed by atoms with Gasteiger partial charge in [0, 0.05) is 0 Å². The summed E-state index contributed by atoms with van der Waals surface area (Å²) in [7, 11) is 0. The minimum absolute atomic E-state index is 0.385. The van der Waals surface area contributed by atoms with Gasteiger partial charge < -0.3 is 5.73 Å². The third-order valence-corrected chi connectivity index (χ3v) is 3.13. The lowest BCUT2D eigenvalue weighted by atomic mass is 9.96. The molecule has 1 unspecified atom stereocenters.